The van der Waals surface area contributed by atoms with Crippen molar-refractivity contribution < 1.29 is 4.79 Å². The van der Waals surface area contributed by atoms with Crippen LogP contribution < -0.4 is 10.6 Å². The summed E-state index contributed by atoms with van der Waals surface area (Å²) in [6.07, 6.45) is 1.14. The second-order valence-electron chi connectivity index (χ2n) is 4.82. The summed E-state index contributed by atoms with van der Waals surface area (Å²) in [4.78, 5) is 13.3. The Kier molecular flexibility index (Phi) is 4.18. The molecule has 2 rings (SSSR count). The molecule has 0 aromatic carbocycles. The number of hydrogen-bond donors (Lipinski definition) is 2. The fourth-order valence-corrected chi connectivity index (χ4v) is 2.94. The van der Waals surface area contributed by atoms with Crippen molar-refractivity contribution in [3.63, 3.8) is 0 Å². The third-order valence-electron chi connectivity index (χ3n) is 3.52. The van der Waals surface area contributed by atoms with Gasteiger partial charge in [0.05, 0.1) is 5.92 Å². The Morgan fingerprint density at radius 2 is 2.47 bits per heavy atom. The van der Waals surface area contributed by atoms with E-state index in [1.807, 2.05) is 24.4 Å². The zero-order chi connectivity index (χ0) is 12.3. The van der Waals surface area contributed by atoms with Crippen LogP contribution in [0.1, 0.15) is 31.1 Å². The molecule has 1 aliphatic heterocycles. The predicted octanol–water partition coefficient (Wildman–Crippen LogP) is 1.97. The molecule has 1 aromatic heterocycles. The number of amides is 1. The number of piperidine rings is 1. The lowest BCUT2D eigenvalue weighted by Crippen LogP contribution is -2.51. The molecule has 0 bridgehead atoms. The van der Waals surface area contributed by atoms with Crippen LogP contribution in [-0.2, 0) is 4.79 Å². The van der Waals surface area contributed by atoms with Crippen molar-refractivity contribution in [2.45, 2.75) is 32.2 Å². The molecule has 0 saturated carbocycles. The first-order valence-electron chi connectivity index (χ1n) is 6.23. The topological polar surface area (TPSA) is 41.1 Å². The van der Waals surface area contributed by atoms with Gasteiger partial charge in [0.15, 0.2) is 0 Å². The van der Waals surface area contributed by atoms with E-state index < -0.39 is 0 Å². The van der Waals surface area contributed by atoms with Gasteiger partial charge in [-0.1, -0.05) is 13.0 Å². The van der Waals surface area contributed by atoms with Crippen LogP contribution in [0.3, 0.4) is 0 Å². The van der Waals surface area contributed by atoms with Crippen LogP contribution >= 0.6 is 11.3 Å². The van der Waals surface area contributed by atoms with Gasteiger partial charge in [0.1, 0.15) is 0 Å². The molecule has 3 unspecified atom stereocenters. The van der Waals surface area contributed by atoms with Gasteiger partial charge >= 0.3 is 0 Å². The van der Waals surface area contributed by atoms with Crippen molar-refractivity contribution in [3.05, 3.63) is 22.4 Å². The van der Waals surface area contributed by atoms with Gasteiger partial charge in [-0.05, 0) is 37.3 Å². The quantitative estimate of drug-likeness (QED) is 0.863. The Labute approximate surface area is 107 Å². The summed E-state index contributed by atoms with van der Waals surface area (Å²) in [7, 11) is 0. The monoisotopic (exact) mass is 252 g/mol. The third kappa shape index (κ3) is 3.07. The van der Waals surface area contributed by atoms with Crippen molar-refractivity contribution in [2.75, 3.05) is 13.1 Å². The van der Waals surface area contributed by atoms with Crippen LogP contribution in [0.4, 0.5) is 0 Å². The van der Waals surface area contributed by atoms with Gasteiger partial charge in [-0.2, -0.15) is 0 Å². The number of hydrogen-bond acceptors (Lipinski definition) is 3. The molecule has 3 nitrogen and oxygen atoms in total. The van der Waals surface area contributed by atoms with Gasteiger partial charge in [-0.15, -0.1) is 11.3 Å². The average Bonchev–Trinajstić information content (AvgIpc) is 2.84. The van der Waals surface area contributed by atoms with Gasteiger partial charge in [-0.3, -0.25) is 4.79 Å². The lowest BCUT2D eigenvalue weighted by Gasteiger charge is -2.31. The second-order valence-corrected chi connectivity index (χ2v) is 5.80. The van der Waals surface area contributed by atoms with Crippen molar-refractivity contribution in [1.29, 1.82) is 0 Å². The van der Waals surface area contributed by atoms with Crippen LogP contribution in [0.2, 0.25) is 0 Å². The number of carbonyl (C=O) groups is 1. The van der Waals surface area contributed by atoms with E-state index in [4.69, 9.17) is 0 Å². The van der Waals surface area contributed by atoms with Crippen molar-refractivity contribution in [3.8, 4) is 0 Å². The highest BCUT2D eigenvalue weighted by atomic mass is 32.1. The Hall–Kier alpha value is -0.870. The van der Waals surface area contributed by atoms with Gasteiger partial charge in [0.2, 0.25) is 5.91 Å². The first kappa shape index (κ1) is 12.6. The predicted molar refractivity (Wildman–Crippen MR) is 71.3 cm³/mol. The first-order valence-corrected chi connectivity index (χ1v) is 7.11. The van der Waals surface area contributed by atoms with Crippen molar-refractivity contribution >= 4 is 17.2 Å². The van der Waals surface area contributed by atoms with Gasteiger partial charge in [0.25, 0.3) is 0 Å². The molecule has 17 heavy (non-hydrogen) atoms. The third-order valence-corrected chi connectivity index (χ3v) is 4.57. The minimum atomic E-state index is -0.0378. The zero-order valence-corrected chi connectivity index (χ0v) is 11.2. The van der Waals surface area contributed by atoms with E-state index in [9.17, 15) is 4.79 Å². The lowest BCUT2D eigenvalue weighted by atomic mass is 9.94. The second kappa shape index (κ2) is 5.65. The molecule has 0 radical (unpaired) electrons. The van der Waals surface area contributed by atoms with E-state index >= 15 is 0 Å². The van der Waals surface area contributed by atoms with Crippen LogP contribution in [0.25, 0.3) is 0 Å². The summed E-state index contributed by atoms with van der Waals surface area (Å²) in [6, 6.07) is 4.30. The molecule has 1 aromatic rings. The molecular weight excluding hydrogens is 232 g/mol. The molecular formula is C13H20N2OS. The largest absolute Gasteiger partial charge is 0.351 e. The molecule has 4 heteroatoms. The Bertz CT molecular complexity index is 364. The molecule has 0 spiro atoms. The van der Waals surface area contributed by atoms with Gasteiger partial charge in [0, 0.05) is 17.5 Å². The SMILES string of the molecule is CC(C(=O)NC1CNCCC1C)c1cccs1. The van der Waals surface area contributed by atoms with E-state index in [1.165, 1.54) is 0 Å². The van der Waals surface area contributed by atoms with E-state index in [1.54, 1.807) is 11.3 Å². The fourth-order valence-electron chi connectivity index (χ4n) is 2.16. The smallest absolute Gasteiger partial charge is 0.228 e. The van der Waals surface area contributed by atoms with Crippen LogP contribution in [-0.4, -0.2) is 25.0 Å². The highest BCUT2D eigenvalue weighted by Gasteiger charge is 2.25. The van der Waals surface area contributed by atoms with Crippen LogP contribution in [0.5, 0.6) is 0 Å². The van der Waals surface area contributed by atoms with E-state index in [-0.39, 0.29) is 17.9 Å². The fraction of sp³-hybridized carbons (Fsp3) is 0.615. The Morgan fingerprint density at radius 1 is 1.65 bits per heavy atom. The van der Waals surface area contributed by atoms with Crippen LogP contribution in [0, 0.1) is 5.92 Å². The normalized spacial score (nSPS) is 26.5. The summed E-state index contributed by atoms with van der Waals surface area (Å²) in [5.41, 5.74) is 0. The molecule has 1 saturated heterocycles. The maximum absolute atomic E-state index is 12.1. The number of rotatable bonds is 3. The Balaban J connectivity index is 1.92. The minimum absolute atomic E-state index is 0.0378. The molecule has 2 N–H and O–H groups in total. The van der Waals surface area contributed by atoms with Gasteiger partial charge in [-0.25, -0.2) is 0 Å². The summed E-state index contributed by atoms with van der Waals surface area (Å²) in [5, 5.41) is 8.51. The summed E-state index contributed by atoms with van der Waals surface area (Å²) in [6.45, 7) is 6.14. The molecule has 1 fully saturated rings. The maximum atomic E-state index is 12.1. The lowest BCUT2D eigenvalue weighted by molar-refractivity contribution is -0.123. The highest BCUT2D eigenvalue weighted by Crippen LogP contribution is 2.21. The molecule has 0 aliphatic carbocycles. The minimum Gasteiger partial charge on any atom is -0.351 e. The number of carbonyl (C=O) groups excluding carboxylic acids is 1. The summed E-state index contributed by atoms with van der Waals surface area (Å²) in [5.74, 6) is 0.674. The van der Waals surface area contributed by atoms with Crippen molar-refractivity contribution in [1.82, 2.24) is 10.6 Å². The number of thiophene rings is 1. The standard InChI is InChI=1S/C13H20N2OS/c1-9-5-6-14-8-11(9)15-13(16)10(2)12-4-3-7-17-12/h3-4,7,9-11,14H,5-6,8H2,1-2H3,(H,15,16). The van der Waals surface area contributed by atoms with E-state index in [2.05, 4.69) is 17.6 Å². The molecule has 1 aliphatic rings. The zero-order valence-electron chi connectivity index (χ0n) is 10.4. The highest BCUT2D eigenvalue weighted by molar-refractivity contribution is 7.10. The summed E-state index contributed by atoms with van der Waals surface area (Å²) >= 11 is 1.65. The molecule has 1 amide bonds. The maximum Gasteiger partial charge on any atom is 0.228 e. The summed E-state index contributed by atoms with van der Waals surface area (Å²) < 4.78 is 0. The average molecular weight is 252 g/mol. The van der Waals surface area contributed by atoms with E-state index in [0.717, 1.165) is 24.4 Å². The first-order chi connectivity index (χ1) is 8.18. The Morgan fingerprint density at radius 3 is 3.12 bits per heavy atom. The number of nitrogens with one attached hydrogen (secondary N) is 2. The van der Waals surface area contributed by atoms with E-state index in [0.29, 0.717) is 5.92 Å². The molecule has 2 heterocycles. The van der Waals surface area contributed by atoms with Crippen molar-refractivity contribution in [2.24, 2.45) is 5.92 Å². The van der Waals surface area contributed by atoms with Gasteiger partial charge < -0.3 is 10.6 Å². The molecule has 94 valence electrons. The molecule has 3 atom stereocenters. The van der Waals surface area contributed by atoms with Crippen LogP contribution in [0.15, 0.2) is 17.5 Å².